The van der Waals surface area contributed by atoms with Gasteiger partial charge >= 0.3 is 0 Å². The van der Waals surface area contributed by atoms with Crippen molar-refractivity contribution in [3.63, 3.8) is 0 Å². The fraction of sp³-hybridized carbons (Fsp3) is 0.312. The number of benzene rings is 1. The van der Waals surface area contributed by atoms with Crippen molar-refractivity contribution in [3.8, 4) is 11.5 Å². The van der Waals surface area contributed by atoms with E-state index in [1.54, 1.807) is 0 Å². The van der Waals surface area contributed by atoms with Gasteiger partial charge in [-0.05, 0) is 48.0 Å². The summed E-state index contributed by atoms with van der Waals surface area (Å²) >= 11 is 3.50. The summed E-state index contributed by atoms with van der Waals surface area (Å²) in [6.07, 6.45) is 2.99. The standard InChI is InChI=1S/C16H19BrN2O/c1-3-8-18-10-13-11-19-12(2)9-16(13)20-15-7-5-4-6-14(15)17/h4-7,9,11,18H,3,8,10H2,1-2H3. The molecule has 0 aliphatic rings. The summed E-state index contributed by atoms with van der Waals surface area (Å²) in [5.74, 6) is 1.67. The summed E-state index contributed by atoms with van der Waals surface area (Å²) in [5, 5.41) is 3.38. The topological polar surface area (TPSA) is 34.2 Å². The molecular formula is C16H19BrN2O. The number of pyridine rings is 1. The number of para-hydroxylation sites is 1. The Hall–Kier alpha value is -1.39. The zero-order valence-electron chi connectivity index (χ0n) is 11.8. The van der Waals surface area contributed by atoms with E-state index in [4.69, 9.17) is 4.74 Å². The van der Waals surface area contributed by atoms with Crippen LogP contribution in [-0.2, 0) is 6.54 Å². The van der Waals surface area contributed by atoms with Crippen LogP contribution in [0.4, 0.5) is 0 Å². The van der Waals surface area contributed by atoms with Gasteiger partial charge in [0.2, 0.25) is 0 Å². The van der Waals surface area contributed by atoms with Gasteiger partial charge in [-0.1, -0.05) is 19.1 Å². The second kappa shape index (κ2) is 7.41. The number of rotatable bonds is 6. The molecule has 0 saturated carbocycles. The quantitative estimate of drug-likeness (QED) is 0.792. The largest absolute Gasteiger partial charge is 0.456 e. The van der Waals surface area contributed by atoms with Gasteiger partial charge in [-0.2, -0.15) is 0 Å². The average molecular weight is 335 g/mol. The van der Waals surface area contributed by atoms with Crippen LogP contribution in [0, 0.1) is 6.92 Å². The lowest BCUT2D eigenvalue weighted by Crippen LogP contribution is -2.14. The summed E-state index contributed by atoms with van der Waals surface area (Å²) in [6.45, 7) is 5.87. The van der Waals surface area contributed by atoms with Crippen molar-refractivity contribution in [1.29, 1.82) is 0 Å². The van der Waals surface area contributed by atoms with E-state index in [0.29, 0.717) is 0 Å². The van der Waals surface area contributed by atoms with Crippen molar-refractivity contribution >= 4 is 15.9 Å². The number of hydrogen-bond donors (Lipinski definition) is 1. The first-order chi connectivity index (χ1) is 9.70. The summed E-state index contributed by atoms with van der Waals surface area (Å²) in [4.78, 5) is 4.35. The van der Waals surface area contributed by atoms with Crippen LogP contribution < -0.4 is 10.1 Å². The molecule has 2 rings (SSSR count). The minimum atomic E-state index is 0.765. The lowest BCUT2D eigenvalue weighted by Gasteiger charge is -2.13. The van der Waals surface area contributed by atoms with E-state index >= 15 is 0 Å². The Labute approximate surface area is 128 Å². The van der Waals surface area contributed by atoms with Gasteiger partial charge in [0.1, 0.15) is 11.5 Å². The van der Waals surface area contributed by atoms with Crippen LogP contribution in [0.5, 0.6) is 11.5 Å². The van der Waals surface area contributed by atoms with Crippen molar-refractivity contribution in [2.75, 3.05) is 6.54 Å². The molecule has 0 atom stereocenters. The van der Waals surface area contributed by atoms with Crippen LogP contribution in [0.1, 0.15) is 24.6 Å². The third-order valence-corrected chi connectivity index (χ3v) is 3.53. The zero-order chi connectivity index (χ0) is 14.4. The van der Waals surface area contributed by atoms with Gasteiger partial charge in [0.15, 0.2) is 0 Å². The fourth-order valence-corrected chi connectivity index (χ4v) is 2.20. The van der Waals surface area contributed by atoms with Crippen molar-refractivity contribution in [3.05, 3.63) is 52.3 Å². The highest BCUT2D eigenvalue weighted by atomic mass is 79.9. The maximum atomic E-state index is 6.02. The van der Waals surface area contributed by atoms with E-state index in [1.165, 1.54) is 0 Å². The summed E-state index contributed by atoms with van der Waals surface area (Å²) in [5.41, 5.74) is 2.02. The second-order valence-electron chi connectivity index (χ2n) is 4.64. The van der Waals surface area contributed by atoms with E-state index in [-0.39, 0.29) is 0 Å². The maximum Gasteiger partial charge on any atom is 0.141 e. The van der Waals surface area contributed by atoms with Crippen LogP contribution in [0.15, 0.2) is 41.0 Å². The van der Waals surface area contributed by atoms with Crippen LogP contribution in [0.3, 0.4) is 0 Å². The molecule has 0 saturated heterocycles. The van der Waals surface area contributed by atoms with E-state index in [1.807, 2.05) is 43.5 Å². The average Bonchev–Trinajstić information content (AvgIpc) is 2.44. The summed E-state index contributed by atoms with van der Waals surface area (Å²) in [6, 6.07) is 9.82. The van der Waals surface area contributed by atoms with Crippen LogP contribution in [-0.4, -0.2) is 11.5 Å². The van der Waals surface area contributed by atoms with Gasteiger partial charge in [-0.25, -0.2) is 0 Å². The van der Waals surface area contributed by atoms with Crippen LogP contribution >= 0.6 is 15.9 Å². The number of halogens is 1. The van der Waals surface area contributed by atoms with Gasteiger partial charge < -0.3 is 10.1 Å². The zero-order valence-corrected chi connectivity index (χ0v) is 13.4. The number of hydrogen-bond acceptors (Lipinski definition) is 3. The van der Waals surface area contributed by atoms with Gasteiger partial charge in [-0.3, -0.25) is 4.98 Å². The van der Waals surface area contributed by atoms with E-state index in [0.717, 1.165) is 46.7 Å². The lowest BCUT2D eigenvalue weighted by atomic mass is 10.2. The highest BCUT2D eigenvalue weighted by Crippen LogP contribution is 2.31. The lowest BCUT2D eigenvalue weighted by molar-refractivity contribution is 0.468. The van der Waals surface area contributed by atoms with E-state index < -0.39 is 0 Å². The highest BCUT2D eigenvalue weighted by molar-refractivity contribution is 9.10. The van der Waals surface area contributed by atoms with E-state index in [2.05, 4.69) is 33.2 Å². The Balaban J connectivity index is 2.21. The first-order valence-electron chi connectivity index (χ1n) is 6.79. The smallest absolute Gasteiger partial charge is 0.141 e. The number of nitrogens with zero attached hydrogens (tertiary/aromatic N) is 1. The Morgan fingerprint density at radius 2 is 2.05 bits per heavy atom. The molecule has 4 heteroatoms. The predicted molar refractivity (Wildman–Crippen MR) is 85.2 cm³/mol. The first kappa shape index (κ1) is 15.0. The third kappa shape index (κ3) is 4.05. The SMILES string of the molecule is CCCNCc1cnc(C)cc1Oc1ccccc1Br. The van der Waals surface area contributed by atoms with Gasteiger partial charge in [0, 0.05) is 30.1 Å². The number of aromatic nitrogens is 1. The first-order valence-corrected chi connectivity index (χ1v) is 7.58. The molecule has 20 heavy (non-hydrogen) atoms. The Morgan fingerprint density at radius 3 is 2.80 bits per heavy atom. The van der Waals surface area contributed by atoms with Gasteiger partial charge in [0.25, 0.3) is 0 Å². The predicted octanol–water partition coefficient (Wildman–Crippen LogP) is 4.44. The molecule has 0 amide bonds. The molecule has 0 aliphatic carbocycles. The summed E-state index contributed by atoms with van der Waals surface area (Å²) < 4.78 is 6.97. The Bertz CT molecular complexity index is 572. The molecule has 0 aliphatic heterocycles. The molecule has 0 radical (unpaired) electrons. The third-order valence-electron chi connectivity index (χ3n) is 2.88. The van der Waals surface area contributed by atoms with Crippen molar-refractivity contribution < 1.29 is 4.74 Å². The molecule has 3 nitrogen and oxygen atoms in total. The van der Waals surface area contributed by atoms with Crippen LogP contribution in [0.25, 0.3) is 0 Å². The molecule has 1 N–H and O–H groups in total. The highest BCUT2D eigenvalue weighted by Gasteiger charge is 2.08. The molecule has 0 fully saturated rings. The molecule has 0 spiro atoms. The number of nitrogens with one attached hydrogen (secondary N) is 1. The molecule has 1 aromatic heterocycles. The minimum Gasteiger partial charge on any atom is -0.456 e. The fourth-order valence-electron chi connectivity index (χ4n) is 1.84. The molecule has 1 heterocycles. The monoisotopic (exact) mass is 334 g/mol. The second-order valence-corrected chi connectivity index (χ2v) is 5.50. The summed E-state index contributed by atoms with van der Waals surface area (Å²) in [7, 11) is 0. The van der Waals surface area contributed by atoms with Crippen LogP contribution in [0.2, 0.25) is 0 Å². The van der Waals surface area contributed by atoms with Crippen molar-refractivity contribution in [2.24, 2.45) is 0 Å². The molecular weight excluding hydrogens is 316 g/mol. The Morgan fingerprint density at radius 1 is 1.25 bits per heavy atom. The normalized spacial score (nSPS) is 10.6. The molecule has 2 aromatic rings. The van der Waals surface area contributed by atoms with Crippen molar-refractivity contribution in [2.45, 2.75) is 26.8 Å². The molecule has 106 valence electrons. The number of aryl methyl sites for hydroxylation is 1. The molecule has 1 aromatic carbocycles. The van der Waals surface area contributed by atoms with E-state index in [9.17, 15) is 0 Å². The maximum absolute atomic E-state index is 6.02. The van der Waals surface area contributed by atoms with Gasteiger partial charge in [0.05, 0.1) is 4.47 Å². The molecule has 0 bridgehead atoms. The molecule has 0 unspecified atom stereocenters. The Kier molecular flexibility index (Phi) is 5.56. The minimum absolute atomic E-state index is 0.765. The van der Waals surface area contributed by atoms with Gasteiger partial charge in [-0.15, -0.1) is 0 Å². The number of ether oxygens (including phenoxy) is 1. The van der Waals surface area contributed by atoms with Crippen molar-refractivity contribution in [1.82, 2.24) is 10.3 Å².